The number of rotatable bonds is 4. The molecule has 2 atom stereocenters. The smallest absolute Gasteiger partial charge is 0.0847 e. The molecule has 0 bridgehead atoms. The Kier molecular flexibility index (Phi) is 4.44. The molecule has 0 aliphatic heterocycles. The summed E-state index contributed by atoms with van der Waals surface area (Å²) in [7, 11) is 0. The molecule has 3 heteroatoms. The monoisotopic (exact) mass is 223 g/mol. The molecule has 0 amide bonds. The highest BCUT2D eigenvalue weighted by molar-refractivity contribution is 5.08. The third-order valence-electron chi connectivity index (χ3n) is 2.70. The second kappa shape index (κ2) is 5.41. The van der Waals surface area contributed by atoms with E-state index < -0.39 is 12.2 Å². The van der Waals surface area contributed by atoms with Crippen molar-refractivity contribution < 1.29 is 10.2 Å². The molecule has 0 aliphatic carbocycles. The second-order valence-corrected chi connectivity index (χ2v) is 5.28. The van der Waals surface area contributed by atoms with Crippen molar-refractivity contribution in [3.63, 3.8) is 0 Å². The molecule has 0 saturated carbocycles. The number of aromatic nitrogens is 1. The van der Waals surface area contributed by atoms with E-state index in [4.69, 9.17) is 0 Å². The first-order valence-corrected chi connectivity index (χ1v) is 5.66. The molecule has 16 heavy (non-hydrogen) atoms. The molecular weight excluding hydrogens is 202 g/mol. The first-order valence-electron chi connectivity index (χ1n) is 5.66. The van der Waals surface area contributed by atoms with Crippen molar-refractivity contribution in [3.8, 4) is 0 Å². The van der Waals surface area contributed by atoms with Crippen molar-refractivity contribution in [3.05, 3.63) is 30.1 Å². The maximum absolute atomic E-state index is 9.87. The van der Waals surface area contributed by atoms with Gasteiger partial charge in [-0.25, -0.2) is 0 Å². The lowest BCUT2D eigenvalue weighted by Gasteiger charge is -2.29. The summed E-state index contributed by atoms with van der Waals surface area (Å²) in [6, 6.07) is 3.85. The summed E-state index contributed by atoms with van der Waals surface area (Å²) in [6.07, 6.45) is 3.44. The Bertz CT molecular complexity index is 305. The molecule has 3 nitrogen and oxygen atoms in total. The van der Waals surface area contributed by atoms with Crippen LogP contribution in [0.5, 0.6) is 0 Å². The Hall–Kier alpha value is -0.930. The van der Waals surface area contributed by atoms with Gasteiger partial charge in [0.2, 0.25) is 0 Å². The third-order valence-corrected chi connectivity index (χ3v) is 2.70. The maximum atomic E-state index is 9.87. The van der Waals surface area contributed by atoms with Crippen LogP contribution in [0.25, 0.3) is 0 Å². The number of aryl methyl sites for hydroxylation is 1. The van der Waals surface area contributed by atoms with E-state index >= 15 is 0 Å². The van der Waals surface area contributed by atoms with Gasteiger partial charge in [-0.15, -0.1) is 0 Å². The molecule has 1 rings (SSSR count). The zero-order valence-corrected chi connectivity index (χ0v) is 10.2. The quantitative estimate of drug-likeness (QED) is 0.818. The minimum atomic E-state index is -0.691. The number of nitrogens with zero attached hydrogens (tertiary/aromatic N) is 1. The predicted molar refractivity (Wildman–Crippen MR) is 64.0 cm³/mol. The summed E-state index contributed by atoms with van der Waals surface area (Å²) < 4.78 is 0. The molecule has 90 valence electrons. The standard InChI is InChI=1S/C13H21NO2/c1-13(2,3)12(16)11(15)7-6-10-5-4-8-14-9-10/h4-5,8-9,11-12,15-16H,6-7H2,1-3H3. The Morgan fingerprint density at radius 3 is 2.50 bits per heavy atom. The van der Waals surface area contributed by atoms with Gasteiger partial charge in [0.05, 0.1) is 12.2 Å². The van der Waals surface area contributed by atoms with Crippen LogP contribution in [0.3, 0.4) is 0 Å². The first kappa shape index (κ1) is 13.1. The fourth-order valence-corrected chi connectivity index (χ4v) is 1.60. The van der Waals surface area contributed by atoms with Gasteiger partial charge in [-0.3, -0.25) is 4.98 Å². The minimum absolute atomic E-state index is 0.283. The van der Waals surface area contributed by atoms with Crippen LogP contribution >= 0.6 is 0 Å². The number of hydrogen-bond donors (Lipinski definition) is 2. The van der Waals surface area contributed by atoms with Crippen molar-refractivity contribution in [2.24, 2.45) is 5.41 Å². The summed E-state index contributed by atoms with van der Waals surface area (Å²) in [6.45, 7) is 5.76. The first-order chi connectivity index (χ1) is 7.41. The molecule has 1 aromatic rings. The van der Waals surface area contributed by atoms with Gasteiger partial charge in [-0.2, -0.15) is 0 Å². The lowest BCUT2D eigenvalue weighted by Crippen LogP contribution is -2.37. The van der Waals surface area contributed by atoms with Crippen LogP contribution in [0.4, 0.5) is 0 Å². The highest BCUT2D eigenvalue weighted by Crippen LogP contribution is 2.23. The summed E-state index contributed by atoms with van der Waals surface area (Å²) in [4.78, 5) is 4.01. The van der Waals surface area contributed by atoms with Crippen molar-refractivity contribution in [1.29, 1.82) is 0 Å². The molecule has 0 spiro atoms. The zero-order valence-electron chi connectivity index (χ0n) is 10.2. The lowest BCUT2D eigenvalue weighted by molar-refractivity contribution is -0.0470. The molecule has 2 unspecified atom stereocenters. The Morgan fingerprint density at radius 1 is 1.31 bits per heavy atom. The Labute approximate surface area is 97.2 Å². The van der Waals surface area contributed by atoms with Crippen LogP contribution in [-0.4, -0.2) is 27.4 Å². The van der Waals surface area contributed by atoms with E-state index in [-0.39, 0.29) is 5.41 Å². The SMILES string of the molecule is CC(C)(C)C(O)C(O)CCc1cccnc1. The van der Waals surface area contributed by atoms with Crippen molar-refractivity contribution in [2.75, 3.05) is 0 Å². The largest absolute Gasteiger partial charge is 0.390 e. The van der Waals surface area contributed by atoms with E-state index in [1.807, 2.05) is 32.9 Å². The van der Waals surface area contributed by atoms with Gasteiger partial charge in [0, 0.05) is 12.4 Å². The van der Waals surface area contributed by atoms with Crippen molar-refractivity contribution in [1.82, 2.24) is 4.98 Å². The van der Waals surface area contributed by atoms with Crippen LogP contribution in [-0.2, 0) is 6.42 Å². The van der Waals surface area contributed by atoms with Crippen molar-refractivity contribution >= 4 is 0 Å². The van der Waals surface area contributed by atoms with E-state index in [9.17, 15) is 10.2 Å². The zero-order chi connectivity index (χ0) is 12.2. The number of aliphatic hydroxyl groups excluding tert-OH is 2. The van der Waals surface area contributed by atoms with Crippen LogP contribution < -0.4 is 0 Å². The summed E-state index contributed by atoms with van der Waals surface area (Å²) in [5, 5.41) is 19.7. The van der Waals surface area contributed by atoms with Gasteiger partial charge < -0.3 is 10.2 Å². The summed E-state index contributed by atoms with van der Waals surface area (Å²) in [5.74, 6) is 0. The van der Waals surface area contributed by atoms with Gasteiger partial charge >= 0.3 is 0 Å². The molecule has 0 saturated heterocycles. The average Bonchev–Trinajstić information content (AvgIpc) is 2.25. The molecule has 0 fully saturated rings. The predicted octanol–water partition coefficient (Wildman–Crippen LogP) is 1.78. The van der Waals surface area contributed by atoms with E-state index in [2.05, 4.69) is 4.98 Å². The van der Waals surface area contributed by atoms with Gasteiger partial charge in [0.1, 0.15) is 0 Å². The van der Waals surface area contributed by atoms with Gasteiger partial charge in [-0.05, 0) is 29.9 Å². The summed E-state index contributed by atoms with van der Waals surface area (Å²) >= 11 is 0. The summed E-state index contributed by atoms with van der Waals surface area (Å²) in [5.41, 5.74) is 0.802. The third kappa shape index (κ3) is 3.91. The van der Waals surface area contributed by atoms with Crippen LogP contribution in [0, 0.1) is 5.41 Å². The van der Waals surface area contributed by atoms with E-state index in [0.29, 0.717) is 6.42 Å². The van der Waals surface area contributed by atoms with Gasteiger partial charge in [0.15, 0.2) is 0 Å². The minimum Gasteiger partial charge on any atom is -0.390 e. The number of aliphatic hydroxyl groups is 2. The second-order valence-electron chi connectivity index (χ2n) is 5.28. The molecule has 1 heterocycles. The highest BCUT2D eigenvalue weighted by Gasteiger charge is 2.28. The molecule has 0 radical (unpaired) electrons. The van der Waals surface area contributed by atoms with Crippen LogP contribution in [0.1, 0.15) is 32.8 Å². The molecule has 0 aromatic carbocycles. The molecule has 1 aromatic heterocycles. The van der Waals surface area contributed by atoms with Crippen LogP contribution in [0.2, 0.25) is 0 Å². The Balaban J connectivity index is 2.44. The topological polar surface area (TPSA) is 53.4 Å². The van der Waals surface area contributed by atoms with Crippen LogP contribution in [0.15, 0.2) is 24.5 Å². The lowest BCUT2D eigenvalue weighted by atomic mass is 9.84. The molecule has 0 aliphatic rings. The average molecular weight is 223 g/mol. The fourth-order valence-electron chi connectivity index (χ4n) is 1.60. The van der Waals surface area contributed by atoms with E-state index in [1.165, 1.54) is 0 Å². The fraction of sp³-hybridized carbons (Fsp3) is 0.615. The highest BCUT2D eigenvalue weighted by atomic mass is 16.3. The van der Waals surface area contributed by atoms with Crippen molar-refractivity contribution in [2.45, 2.75) is 45.8 Å². The molecular formula is C13H21NO2. The number of pyridine rings is 1. The van der Waals surface area contributed by atoms with Gasteiger partial charge in [0.25, 0.3) is 0 Å². The van der Waals surface area contributed by atoms with E-state index in [1.54, 1.807) is 12.4 Å². The maximum Gasteiger partial charge on any atom is 0.0847 e. The molecule has 2 N–H and O–H groups in total. The Morgan fingerprint density at radius 2 is 2.00 bits per heavy atom. The number of hydrogen-bond acceptors (Lipinski definition) is 3. The van der Waals surface area contributed by atoms with Gasteiger partial charge in [-0.1, -0.05) is 26.8 Å². The van der Waals surface area contributed by atoms with E-state index in [0.717, 1.165) is 12.0 Å². The normalized spacial score (nSPS) is 15.8.